The number of carbonyl (C=O) groups is 2. The Morgan fingerprint density at radius 1 is 0.939 bits per heavy atom. The number of benzene rings is 2. The first-order valence-electron chi connectivity index (χ1n) is 11.1. The van der Waals surface area contributed by atoms with E-state index in [0.29, 0.717) is 41.4 Å². The minimum Gasteiger partial charge on any atom is -0.493 e. The zero-order chi connectivity index (χ0) is 24.0. The minimum atomic E-state index is -0.332. The lowest BCUT2D eigenvalue weighted by Gasteiger charge is -2.25. The molecule has 1 aliphatic heterocycles. The molecule has 2 aromatic carbocycles. The van der Waals surface area contributed by atoms with Crippen LogP contribution >= 0.6 is 0 Å². The van der Waals surface area contributed by atoms with E-state index in [1.165, 1.54) is 4.90 Å². The third-order valence-corrected chi connectivity index (χ3v) is 5.50. The lowest BCUT2D eigenvalue weighted by atomic mass is 10.0. The topological polar surface area (TPSA) is 68.3 Å². The molecule has 0 fully saturated rings. The average Bonchev–Trinajstić information content (AvgIpc) is 3.07. The highest BCUT2D eigenvalue weighted by atomic mass is 16.5. The van der Waals surface area contributed by atoms with Gasteiger partial charge in [-0.15, -0.1) is 0 Å². The second kappa shape index (κ2) is 11.0. The largest absolute Gasteiger partial charge is 0.493 e. The van der Waals surface area contributed by atoms with E-state index >= 15 is 0 Å². The summed E-state index contributed by atoms with van der Waals surface area (Å²) in [7, 11) is 3.10. The molecule has 3 rings (SSSR count). The van der Waals surface area contributed by atoms with Crippen molar-refractivity contribution in [3.63, 3.8) is 0 Å². The maximum absolute atomic E-state index is 13.5. The Balaban J connectivity index is 2.05. The molecule has 0 atom stereocenters. The normalized spacial score (nSPS) is 13.8. The van der Waals surface area contributed by atoms with Crippen LogP contribution in [-0.2, 0) is 20.9 Å². The molecule has 1 heterocycles. The van der Waals surface area contributed by atoms with Crippen LogP contribution in [0.3, 0.4) is 0 Å². The van der Waals surface area contributed by atoms with Crippen LogP contribution in [0.2, 0.25) is 0 Å². The molecule has 0 aromatic heterocycles. The Hall–Kier alpha value is -3.32. The van der Waals surface area contributed by atoms with Gasteiger partial charge in [0.25, 0.3) is 11.8 Å². The van der Waals surface area contributed by atoms with Crippen molar-refractivity contribution < 1.29 is 23.8 Å². The standard InChI is InChI=1S/C26H32N2O5/c1-6-27(17-19-10-8-7-9-11-19)24-23(20-12-13-21(31-4)22(16-20)32-5)25(29)28(26(24)30)14-15-33-18(2)3/h7-13,16,18H,6,14-15,17H2,1-5H3. The van der Waals surface area contributed by atoms with Crippen LogP contribution in [0.15, 0.2) is 54.2 Å². The van der Waals surface area contributed by atoms with Gasteiger partial charge in [0.15, 0.2) is 11.5 Å². The highest BCUT2D eigenvalue weighted by Gasteiger charge is 2.41. The molecule has 0 saturated carbocycles. The van der Waals surface area contributed by atoms with E-state index in [2.05, 4.69) is 0 Å². The molecular weight excluding hydrogens is 420 g/mol. The number of hydrogen-bond donors (Lipinski definition) is 0. The van der Waals surface area contributed by atoms with Crippen LogP contribution in [0.1, 0.15) is 31.9 Å². The molecule has 176 valence electrons. The zero-order valence-corrected chi connectivity index (χ0v) is 20.0. The first-order chi connectivity index (χ1) is 15.9. The molecule has 33 heavy (non-hydrogen) atoms. The SMILES string of the molecule is CCN(Cc1ccccc1)C1=C(c2ccc(OC)c(OC)c2)C(=O)N(CCOC(C)C)C1=O. The Kier molecular flexibility index (Phi) is 8.11. The first kappa shape index (κ1) is 24.3. The second-order valence-electron chi connectivity index (χ2n) is 7.97. The Bertz CT molecular complexity index is 1020. The number of nitrogens with zero attached hydrogens (tertiary/aromatic N) is 2. The number of amides is 2. The van der Waals surface area contributed by atoms with Gasteiger partial charge in [-0.25, -0.2) is 0 Å². The van der Waals surface area contributed by atoms with Crippen molar-refractivity contribution in [1.82, 2.24) is 9.80 Å². The van der Waals surface area contributed by atoms with Gasteiger partial charge in [-0.2, -0.15) is 0 Å². The quantitative estimate of drug-likeness (QED) is 0.484. The summed E-state index contributed by atoms with van der Waals surface area (Å²) >= 11 is 0. The van der Waals surface area contributed by atoms with Gasteiger partial charge in [-0.1, -0.05) is 36.4 Å². The van der Waals surface area contributed by atoms with Crippen LogP contribution in [0.4, 0.5) is 0 Å². The van der Waals surface area contributed by atoms with Crippen molar-refractivity contribution in [3.05, 3.63) is 65.4 Å². The fraction of sp³-hybridized carbons (Fsp3) is 0.385. The molecule has 7 nitrogen and oxygen atoms in total. The van der Waals surface area contributed by atoms with Crippen molar-refractivity contribution >= 4 is 17.4 Å². The summed E-state index contributed by atoms with van der Waals surface area (Å²) in [6, 6.07) is 15.2. The summed E-state index contributed by atoms with van der Waals surface area (Å²) in [4.78, 5) is 30.3. The van der Waals surface area contributed by atoms with E-state index < -0.39 is 0 Å². The van der Waals surface area contributed by atoms with Gasteiger partial charge in [-0.05, 0) is 44.0 Å². The molecule has 0 spiro atoms. The van der Waals surface area contributed by atoms with E-state index in [1.807, 2.05) is 56.0 Å². The van der Waals surface area contributed by atoms with E-state index in [1.54, 1.807) is 32.4 Å². The average molecular weight is 453 g/mol. The molecule has 0 bridgehead atoms. The molecule has 0 saturated heterocycles. The van der Waals surface area contributed by atoms with Crippen LogP contribution in [0.5, 0.6) is 11.5 Å². The third kappa shape index (κ3) is 5.37. The number of likely N-dealkylation sites (N-methyl/N-ethyl adjacent to an activating group) is 1. The molecule has 0 N–H and O–H groups in total. The van der Waals surface area contributed by atoms with Gasteiger partial charge >= 0.3 is 0 Å². The van der Waals surface area contributed by atoms with Gasteiger partial charge in [0.1, 0.15) is 5.70 Å². The molecule has 2 amide bonds. The monoisotopic (exact) mass is 452 g/mol. The summed E-state index contributed by atoms with van der Waals surface area (Å²) in [5, 5.41) is 0. The molecule has 1 aliphatic rings. The lowest BCUT2D eigenvalue weighted by molar-refractivity contribution is -0.138. The van der Waals surface area contributed by atoms with Crippen molar-refractivity contribution in [2.45, 2.75) is 33.4 Å². The smallest absolute Gasteiger partial charge is 0.277 e. The second-order valence-corrected chi connectivity index (χ2v) is 7.97. The molecule has 2 aromatic rings. The first-order valence-corrected chi connectivity index (χ1v) is 11.1. The van der Waals surface area contributed by atoms with Crippen LogP contribution in [0.25, 0.3) is 5.57 Å². The minimum absolute atomic E-state index is 0.0146. The van der Waals surface area contributed by atoms with Crippen molar-refractivity contribution in [3.8, 4) is 11.5 Å². The van der Waals surface area contributed by atoms with Gasteiger partial charge in [0.05, 0.1) is 39.0 Å². The predicted molar refractivity (Wildman–Crippen MR) is 127 cm³/mol. The van der Waals surface area contributed by atoms with Gasteiger partial charge in [0.2, 0.25) is 0 Å². The number of rotatable bonds is 11. The number of carbonyl (C=O) groups excluding carboxylic acids is 2. The maximum Gasteiger partial charge on any atom is 0.277 e. The fourth-order valence-corrected chi connectivity index (χ4v) is 3.84. The summed E-state index contributed by atoms with van der Waals surface area (Å²) in [5.74, 6) is 0.407. The number of imide groups is 1. The number of hydrogen-bond acceptors (Lipinski definition) is 6. The van der Waals surface area contributed by atoms with Gasteiger partial charge < -0.3 is 19.1 Å². The van der Waals surface area contributed by atoms with E-state index in [9.17, 15) is 9.59 Å². The molecule has 7 heteroatoms. The molecule has 0 aliphatic carbocycles. The van der Waals surface area contributed by atoms with Crippen molar-refractivity contribution in [1.29, 1.82) is 0 Å². The van der Waals surface area contributed by atoms with Gasteiger partial charge in [0, 0.05) is 13.1 Å². The molecule has 0 radical (unpaired) electrons. The third-order valence-electron chi connectivity index (χ3n) is 5.50. The Morgan fingerprint density at radius 2 is 1.64 bits per heavy atom. The van der Waals surface area contributed by atoms with Crippen LogP contribution in [0, 0.1) is 0 Å². The highest BCUT2D eigenvalue weighted by Crippen LogP contribution is 2.36. The van der Waals surface area contributed by atoms with E-state index in [-0.39, 0.29) is 31.1 Å². The van der Waals surface area contributed by atoms with Crippen LogP contribution in [-0.4, -0.2) is 61.6 Å². The Labute approximate surface area is 195 Å². The zero-order valence-electron chi connectivity index (χ0n) is 20.0. The van der Waals surface area contributed by atoms with Crippen molar-refractivity contribution in [2.75, 3.05) is 33.9 Å². The lowest BCUT2D eigenvalue weighted by Crippen LogP contribution is -2.37. The number of methoxy groups -OCH3 is 2. The molecular formula is C26H32N2O5. The van der Waals surface area contributed by atoms with Gasteiger partial charge in [-0.3, -0.25) is 14.5 Å². The summed E-state index contributed by atoms with van der Waals surface area (Å²) in [6.07, 6.45) is 0.0146. The molecule has 0 unspecified atom stereocenters. The fourth-order valence-electron chi connectivity index (χ4n) is 3.84. The summed E-state index contributed by atoms with van der Waals surface area (Å²) in [6.45, 7) is 7.38. The summed E-state index contributed by atoms with van der Waals surface area (Å²) in [5.41, 5.74) is 2.42. The Morgan fingerprint density at radius 3 is 2.24 bits per heavy atom. The van der Waals surface area contributed by atoms with E-state index in [4.69, 9.17) is 14.2 Å². The van der Waals surface area contributed by atoms with E-state index in [0.717, 1.165) is 5.56 Å². The van der Waals surface area contributed by atoms with Crippen LogP contribution < -0.4 is 9.47 Å². The number of ether oxygens (including phenoxy) is 3. The van der Waals surface area contributed by atoms with Crippen molar-refractivity contribution in [2.24, 2.45) is 0 Å². The predicted octanol–water partition coefficient (Wildman–Crippen LogP) is 3.73. The highest BCUT2D eigenvalue weighted by molar-refractivity contribution is 6.35. The maximum atomic E-state index is 13.5. The summed E-state index contributed by atoms with van der Waals surface area (Å²) < 4.78 is 16.4.